The predicted molar refractivity (Wildman–Crippen MR) is 80.2 cm³/mol. The molecule has 0 saturated carbocycles. The Labute approximate surface area is 125 Å². The molecule has 0 aromatic heterocycles. The minimum Gasteiger partial charge on any atom is -0.389 e. The van der Waals surface area contributed by atoms with E-state index in [2.05, 4.69) is 5.32 Å². The van der Waals surface area contributed by atoms with E-state index in [1.165, 1.54) is 0 Å². The number of halogens is 1. The van der Waals surface area contributed by atoms with Crippen molar-refractivity contribution in [3.8, 4) is 0 Å². The predicted octanol–water partition coefficient (Wildman–Crippen LogP) is 2.41. The second kappa shape index (κ2) is 8.25. The Balaban J connectivity index is 2.41. The van der Waals surface area contributed by atoms with Crippen molar-refractivity contribution in [1.29, 1.82) is 0 Å². The molecule has 1 rings (SSSR count). The number of hydrogen-bond acceptors (Lipinski definition) is 3. The van der Waals surface area contributed by atoms with Gasteiger partial charge < -0.3 is 15.2 Å². The molecule has 0 spiro atoms. The molecule has 1 unspecified atom stereocenters. The van der Waals surface area contributed by atoms with Gasteiger partial charge in [0.1, 0.15) is 0 Å². The third-order valence-electron chi connectivity index (χ3n) is 2.70. The van der Waals surface area contributed by atoms with Crippen molar-refractivity contribution >= 4 is 17.5 Å². The molecule has 0 aliphatic carbocycles. The highest BCUT2D eigenvalue weighted by Gasteiger charge is 2.13. The lowest BCUT2D eigenvalue weighted by Crippen LogP contribution is -2.35. The van der Waals surface area contributed by atoms with Gasteiger partial charge in [0.15, 0.2) is 0 Å². The molecule has 5 heteroatoms. The van der Waals surface area contributed by atoms with Crippen molar-refractivity contribution < 1.29 is 14.6 Å². The van der Waals surface area contributed by atoms with E-state index in [1.807, 2.05) is 26.8 Å². The van der Waals surface area contributed by atoms with Crippen molar-refractivity contribution in [2.75, 3.05) is 19.8 Å². The molecule has 1 aromatic carbocycles. The Kier molecular flexibility index (Phi) is 6.99. The van der Waals surface area contributed by atoms with Crippen LogP contribution in [0.3, 0.4) is 0 Å². The fraction of sp³-hybridized carbons (Fsp3) is 0.533. The van der Waals surface area contributed by atoms with Crippen LogP contribution < -0.4 is 5.32 Å². The largest absolute Gasteiger partial charge is 0.389 e. The molecule has 0 heterocycles. The van der Waals surface area contributed by atoms with Crippen LogP contribution in [0.15, 0.2) is 18.2 Å². The Morgan fingerprint density at radius 3 is 2.75 bits per heavy atom. The zero-order valence-corrected chi connectivity index (χ0v) is 12.9. The molecular formula is C15H22ClNO3. The molecule has 112 valence electrons. The molecular weight excluding hydrogens is 278 g/mol. The van der Waals surface area contributed by atoms with E-state index in [4.69, 9.17) is 16.3 Å². The minimum absolute atomic E-state index is 0.140. The van der Waals surface area contributed by atoms with E-state index in [-0.39, 0.29) is 19.1 Å². The van der Waals surface area contributed by atoms with Crippen LogP contribution in [-0.2, 0) is 4.74 Å². The van der Waals surface area contributed by atoms with Gasteiger partial charge in [0.05, 0.1) is 23.3 Å². The first kappa shape index (κ1) is 17.0. The van der Waals surface area contributed by atoms with Crippen LogP contribution in [0.25, 0.3) is 0 Å². The molecule has 0 bridgehead atoms. The van der Waals surface area contributed by atoms with Crippen molar-refractivity contribution in [2.45, 2.75) is 26.9 Å². The number of aliphatic hydroxyl groups excluding tert-OH is 1. The lowest BCUT2D eigenvalue weighted by molar-refractivity contribution is 0.0259. The number of ether oxygens (including phenoxy) is 1. The number of hydrogen-bond donors (Lipinski definition) is 2. The summed E-state index contributed by atoms with van der Waals surface area (Å²) in [5.74, 6) is 0.129. The van der Waals surface area contributed by atoms with Crippen LogP contribution >= 0.6 is 11.6 Å². The van der Waals surface area contributed by atoms with Gasteiger partial charge in [-0.05, 0) is 24.5 Å². The molecule has 0 saturated heterocycles. The number of aliphatic hydroxyl groups is 1. The Bertz CT molecular complexity index is 449. The molecule has 20 heavy (non-hydrogen) atoms. The van der Waals surface area contributed by atoms with E-state index in [0.717, 1.165) is 5.56 Å². The smallest absolute Gasteiger partial charge is 0.252 e. The number of carbonyl (C=O) groups is 1. The van der Waals surface area contributed by atoms with Crippen LogP contribution in [0.2, 0.25) is 5.02 Å². The van der Waals surface area contributed by atoms with Crippen LogP contribution in [-0.4, -0.2) is 36.9 Å². The molecule has 1 atom stereocenters. The normalized spacial score (nSPS) is 12.5. The summed E-state index contributed by atoms with van der Waals surface area (Å²) in [7, 11) is 0. The second-order valence-electron chi connectivity index (χ2n) is 5.23. The van der Waals surface area contributed by atoms with Crippen molar-refractivity contribution in [2.24, 2.45) is 5.92 Å². The highest BCUT2D eigenvalue weighted by molar-refractivity contribution is 6.34. The molecule has 0 fully saturated rings. The number of benzene rings is 1. The maximum atomic E-state index is 12.0. The molecule has 0 aliphatic rings. The Morgan fingerprint density at radius 1 is 1.40 bits per heavy atom. The second-order valence-corrected chi connectivity index (χ2v) is 5.61. The van der Waals surface area contributed by atoms with Gasteiger partial charge in [0.2, 0.25) is 0 Å². The van der Waals surface area contributed by atoms with Gasteiger partial charge in [0.25, 0.3) is 5.91 Å². The van der Waals surface area contributed by atoms with Gasteiger partial charge in [-0.3, -0.25) is 4.79 Å². The maximum absolute atomic E-state index is 12.0. The number of aryl methyl sites for hydroxylation is 1. The number of rotatable bonds is 7. The zero-order valence-electron chi connectivity index (χ0n) is 12.1. The first-order valence-electron chi connectivity index (χ1n) is 6.71. The SMILES string of the molecule is Cc1cccc(C(=O)NCC(O)COCC(C)C)c1Cl. The molecule has 0 aliphatic heterocycles. The standard InChI is InChI=1S/C15H22ClNO3/c1-10(2)8-20-9-12(18)7-17-15(19)13-6-4-5-11(3)14(13)16/h4-6,10,12,18H,7-9H2,1-3H3,(H,17,19). The van der Waals surface area contributed by atoms with E-state index in [0.29, 0.717) is 23.1 Å². The van der Waals surface area contributed by atoms with Gasteiger partial charge in [0, 0.05) is 13.2 Å². The lowest BCUT2D eigenvalue weighted by atomic mass is 10.1. The fourth-order valence-electron chi connectivity index (χ4n) is 1.63. The highest BCUT2D eigenvalue weighted by atomic mass is 35.5. The summed E-state index contributed by atoms with van der Waals surface area (Å²) in [4.78, 5) is 12.0. The maximum Gasteiger partial charge on any atom is 0.252 e. The van der Waals surface area contributed by atoms with Crippen LogP contribution in [0.1, 0.15) is 29.8 Å². The number of nitrogens with one attached hydrogen (secondary N) is 1. The Hall–Kier alpha value is -1.10. The number of amides is 1. The van der Waals surface area contributed by atoms with Crippen LogP contribution in [0.5, 0.6) is 0 Å². The molecule has 4 nitrogen and oxygen atoms in total. The first-order chi connectivity index (χ1) is 9.41. The molecule has 1 aromatic rings. The summed E-state index contributed by atoms with van der Waals surface area (Å²) in [6, 6.07) is 5.28. The zero-order chi connectivity index (χ0) is 15.1. The fourth-order valence-corrected chi connectivity index (χ4v) is 1.84. The summed E-state index contributed by atoms with van der Waals surface area (Å²) in [6.45, 7) is 6.85. The monoisotopic (exact) mass is 299 g/mol. The third kappa shape index (κ3) is 5.49. The summed E-state index contributed by atoms with van der Waals surface area (Å²) < 4.78 is 5.31. The third-order valence-corrected chi connectivity index (χ3v) is 3.20. The van der Waals surface area contributed by atoms with Gasteiger partial charge >= 0.3 is 0 Å². The highest BCUT2D eigenvalue weighted by Crippen LogP contribution is 2.19. The van der Waals surface area contributed by atoms with Crippen LogP contribution in [0.4, 0.5) is 0 Å². The summed E-state index contributed by atoms with van der Waals surface area (Å²) in [5, 5.41) is 12.8. The van der Waals surface area contributed by atoms with E-state index in [1.54, 1.807) is 12.1 Å². The lowest BCUT2D eigenvalue weighted by Gasteiger charge is -2.14. The van der Waals surface area contributed by atoms with Gasteiger partial charge in [-0.25, -0.2) is 0 Å². The van der Waals surface area contributed by atoms with Gasteiger partial charge in [-0.1, -0.05) is 37.6 Å². The summed E-state index contributed by atoms with van der Waals surface area (Å²) >= 11 is 6.07. The van der Waals surface area contributed by atoms with E-state index < -0.39 is 6.10 Å². The average molecular weight is 300 g/mol. The summed E-state index contributed by atoms with van der Waals surface area (Å²) in [5.41, 5.74) is 1.27. The van der Waals surface area contributed by atoms with Gasteiger partial charge in [-0.15, -0.1) is 0 Å². The topological polar surface area (TPSA) is 58.6 Å². The van der Waals surface area contributed by atoms with Crippen molar-refractivity contribution in [3.05, 3.63) is 34.3 Å². The average Bonchev–Trinajstić information content (AvgIpc) is 2.38. The molecule has 0 radical (unpaired) electrons. The summed E-state index contributed by atoms with van der Waals surface area (Å²) in [6.07, 6.45) is -0.721. The van der Waals surface area contributed by atoms with Crippen molar-refractivity contribution in [3.63, 3.8) is 0 Å². The molecule has 1 amide bonds. The van der Waals surface area contributed by atoms with Gasteiger partial charge in [-0.2, -0.15) is 0 Å². The van der Waals surface area contributed by atoms with Crippen molar-refractivity contribution in [1.82, 2.24) is 5.32 Å². The Morgan fingerprint density at radius 2 is 2.10 bits per heavy atom. The van der Waals surface area contributed by atoms with E-state index >= 15 is 0 Å². The molecule has 2 N–H and O–H groups in total. The number of carbonyl (C=O) groups excluding carboxylic acids is 1. The van der Waals surface area contributed by atoms with E-state index in [9.17, 15) is 9.90 Å². The minimum atomic E-state index is -0.721. The first-order valence-corrected chi connectivity index (χ1v) is 7.08. The quantitative estimate of drug-likeness (QED) is 0.813. The van der Waals surface area contributed by atoms with Crippen LogP contribution in [0, 0.1) is 12.8 Å².